The topological polar surface area (TPSA) is 68.3 Å². The first-order valence-electron chi connectivity index (χ1n) is 9.05. The molecule has 0 amide bonds. The zero-order chi connectivity index (χ0) is 18.2. The van der Waals surface area contributed by atoms with Crippen molar-refractivity contribution in [1.29, 1.82) is 0 Å². The lowest BCUT2D eigenvalue weighted by Gasteiger charge is -2.20. The maximum absolute atomic E-state index is 12.0. The molecule has 25 heavy (non-hydrogen) atoms. The van der Waals surface area contributed by atoms with E-state index < -0.39 is 0 Å². The van der Waals surface area contributed by atoms with Crippen molar-refractivity contribution in [2.75, 3.05) is 0 Å². The Bertz CT molecular complexity index is 607. The van der Waals surface area contributed by atoms with E-state index in [2.05, 4.69) is 38.0 Å². The van der Waals surface area contributed by atoms with Gasteiger partial charge in [0.25, 0.3) is 0 Å². The molecule has 1 N–H and O–H groups in total. The van der Waals surface area contributed by atoms with Crippen LogP contribution >= 0.6 is 0 Å². The summed E-state index contributed by atoms with van der Waals surface area (Å²) in [7, 11) is 0. The van der Waals surface area contributed by atoms with Crippen LogP contribution in [0.5, 0.6) is 0 Å². The summed E-state index contributed by atoms with van der Waals surface area (Å²) in [5.74, 6) is -0.276. The number of hydrogen-bond donors (Lipinski definition) is 1. The van der Waals surface area contributed by atoms with Crippen LogP contribution in [0.3, 0.4) is 0 Å². The Morgan fingerprint density at radius 3 is 2.88 bits per heavy atom. The van der Waals surface area contributed by atoms with E-state index in [0.29, 0.717) is 18.4 Å². The van der Waals surface area contributed by atoms with E-state index in [0.717, 1.165) is 31.3 Å². The van der Waals surface area contributed by atoms with Gasteiger partial charge in [-0.1, -0.05) is 24.8 Å². The first kappa shape index (κ1) is 18.4. The standard InChI is InChI=1S/C20H28O5/c1-12-6-5-7-13(2)16(25-22)8-9-20(4)18(24-20)11-15-14(3)19(21)23-17(15)10-12/h6,15-18,22H,2-3,5,7-11H2,1,4H3. The summed E-state index contributed by atoms with van der Waals surface area (Å²) in [4.78, 5) is 16.6. The fourth-order valence-corrected chi connectivity index (χ4v) is 4.00. The second kappa shape index (κ2) is 7.06. The van der Waals surface area contributed by atoms with E-state index in [1.807, 2.05) is 0 Å². The number of allylic oxidation sites excluding steroid dienone is 1. The van der Waals surface area contributed by atoms with Crippen LogP contribution in [0.1, 0.15) is 52.4 Å². The number of esters is 1. The molecule has 3 aliphatic rings. The summed E-state index contributed by atoms with van der Waals surface area (Å²) in [5.41, 5.74) is 2.39. The van der Waals surface area contributed by atoms with Crippen LogP contribution in [0.2, 0.25) is 0 Å². The van der Waals surface area contributed by atoms with Gasteiger partial charge in [0.05, 0.1) is 11.7 Å². The highest BCUT2D eigenvalue weighted by Crippen LogP contribution is 2.47. The van der Waals surface area contributed by atoms with Crippen molar-refractivity contribution in [1.82, 2.24) is 0 Å². The minimum Gasteiger partial charge on any atom is -0.458 e. The predicted molar refractivity (Wildman–Crippen MR) is 93.9 cm³/mol. The second-order valence-corrected chi connectivity index (χ2v) is 7.81. The lowest BCUT2D eigenvalue weighted by atomic mass is 9.84. The molecule has 5 nitrogen and oxygen atoms in total. The van der Waals surface area contributed by atoms with Gasteiger partial charge in [-0.2, -0.15) is 0 Å². The lowest BCUT2D eigenvalue weighted by Crippen LogP contribution is -2.23. The molecule has 2 fully saturated rings. The predicted octanol–water partition coefficient (Wildman–Crippen LogP) is 3.96. The Kier molecular flexibility index (Phi) is 5.19. The average Bonchev–Trinajstić information content (AvgIpc) is 3.12. The normalized spacial score (nSPS) is 39.8. The molecule has 0 saturated carbocycles. The molecule has 138 valence electrons. The number of hydrogen-bond acceptors (Lipinski definition) is 5. The summed E-state index contributed by atoms with van der Waals surface area (Å²) >= 11 is 0. The van der Waals surface area contributed by atoms with Crippen LogP contribution in [0.4, 0.5) is 0 Å². The van der Waals surface area contributed by atoms with Gasteiger partial charge in [-0.3, -0.25) is 5.26 Å². The minimum absolute atomic E-state index is 0.00506. The van der Waals surface area contributed by atoms with Crippen molar-refractivity contribution >= 4 is 5.97 Å². The molecule has 3 rings (SSSR count). The maximum Gasteiger partial charge on any atom is 0.334 e. The van der Waals surface area contributed by atoms with Gasteiger partial charge in [0.2, 0.25) is 0 Å². The van der Waals surface area contributed by atoms with E-state index in [4.69, 9.17) is 9.47 Å². The summed E-state index contributed by atoms with van der Waals surface area (Å²) in [6, 6.07) is 0. The van der Waals surface area contributed by atoms with Crippen LogP contribution < -0.4 is 0 Å². The molecular weight excluding hydrogens is 320 g/mol. The molecule has 2 saturated heterocycles. The van der Waals surface area contributed by atoms with Gasteiger partial charge in [-0.15, -0.1) is 0 Å². The molecule has 2 aliphatic heterocycles. The van der Waals surface area contributed by atoms with Crippen LogP contribution in [0.25, 0.3) is 0 Å². The van der Waals surface area contributed by atoms with E-state index in [1.165, 1.54) is 5.57 Å². The van der Waals surface area contributed by atoms with Crippen molar-refractivity contribution in [2.24, 2.45) is 5.92 Å². The Morgan fingerprint density at radius 1 is 1.40 bits per heavy atom. The third kappa shape index (κ3) is 3.89. The molecule has 5 heteroatoms. The van der Waals surface area contributed by atoms with Crippen LogP contribution in [0.15, 0.2) is 36.0 Å². The zero-order valence-electron chi connectivity index (χ0n) is 15.1. The van der Waals surface area contributed by atoms with E-state index in [1.54, 1.807) is 0 Å². The summed E-state index contributed by atoms with van der Waals surface area (Å²) < 4.78 is 11.5. The SMILES string of the molecule is C=C1CCC=C(C)CC2OC(=O)C(=C)C2CC2OC2(C)CCC1OO. The van der Waals surface area contributed by atoms with E-state index >= 15 is 0 Å². The van der Waals surface area contributed by atoms with Gasteiger partial charge in [0.1, 0.15) is 12.2 Å². The van der Waals surface area contributed by atoms with Gasteiger partial charge < -0.3 is 9.47 Å². The van der Waals surface area contributed by atoms with Gasteiger partial charge in [-0.05, 0) is 51.5 Å². The Labute approximate surface area is 149 Å². The Morgan fingerprint density at radius 2 is 2.16 bits per heavy atom. The van der Waals surface area contributed by atoms with Crippen LogP contribution in [-0.2, 0) is 19.2 Å². The largest absolute Gasteiger partial charge is 0.458 e. The number of carbonyl (C=O) groups is 1. The van der Waals surface area contributed by atoms with Crippen molar-refractivity contribution in [3.05, 3.63) is 36.0 Å². The molecule has 0 aromatic carbocycles. The van der Waals surface area contributed by atoms with Crippen molar-refractivity contribution in [2.45, 2.75) is 76.3 Å². The third-order valence-corrected chi connectivity index (χ3v) is 5.89. The molecule has 0 aromatic heterocycles. The molecule has 0 radical (unpaired) electrons. The van der Waals surface area contributed by atoms with Crippen molar-refractivity contribution < 1.29 is 24.4 Å². The molecule has 0 aromatic rings. The third-order valence-electron chi connectivity index (χ3n) is 5.89. The molecule has 2 heterocycles. The van der Waals surface area contributed by atoms with E-state index in [9.17, 15) is 10.1 Å². The molecule has 0 bridgehead atoms. The monoisotopic (exact) mass is 348 g/mol. The molecule has 0 spiro atoms. The zero-order valence-corrected chi connectivity index (χ0v) is 15.1. The fraction of sp³-hybridized carbons (Fsp3) is 0.650. The quantitative estimate of drug-likeness (QED) is 0.194. The number of fused-ring (bicyclic) bond motifs is 2. The highest BCUT2D eigenvalue weighted by atomic mass is 17.1. The number of rotatable bonds is 1. The molecular formula is C20H28O5. The number of carbonyl (C=O) groups excluding carboxylic acids is 1. The maximum atomic E-state index is 12.0. The average molecular weight is 348 g/mol. The van der Waals surface area contributed by atoms with Gasteiger partial charge >= 0.3 is 5.97 Å². The highest BCUT2D eigenvalue weighted by molar-refractivity contribution is 5.90. The van der Waals surface area contributed by atoms with Crippen molar-refractivity contribution in [3.63, 3.8) is 0 Å². The molecule has 5 unspecified atom stereocenters. The minimum atomic E-state index is -0.363. The Hall–Kier alpha value is -1.43. The van der Waals surface area contributed by atoms with Gasteiger partial charge in [-0.25, -0.2) is 9.68 Å². The van der Waals surface area contributed by atoms with Crippen LogP contribution in [-0.4, -0.2) is 35.1 Å². The summed E-state index contributed by atoms with van der Waals surface area (Å²) in [5, 5.41) is 9.21. The highest BCUT2D eigenvalue weighted by Gasteiger charge is 2.54. The first-order valence-corrected chi connectivity index (χ1v) is 9.05. The Balaban J connectivity index is 1.79. The number of ether oxygens (including phenoxy) is 2. The summed E-state index contributed by atoms with van der Waals surface area (Å²) in [6.45, 7) is 12.1. The number of epoxide rings is 1. The molecule has 5 atom stereocenters. The van der Waals surface area contributed by atoms with E-state index in [-0.39, 0.29) is 35.8 Å². The molecule has 1 aliphatic carbocycles. The smallest absolute Gasteiger partial charge is 0.334 e. The second-order valence-electron chi connectivity index (χ2n) is 7.81. The first-order chi connectivity index (χ1) is 11.8. The van der Waals surface area contributed by atoms with Crippen molar-refractivity contribution in [3.8, 4) is 0 Å². The summed E-state index contributed by atoms with van der Waals surface area (Å²) in [6.07, 6.45) is 6.18. The van der Waals surface area contributed by atoms with Crippen LogP contribution in [0, 0.1) is 5.92 Å². The van der Waals surface area contributed by atoms with Gasteiger partial charge in [0, 0.05) is 17.9 Å². The lowest BCUT2D eigenvalue weighted by molar-refractivity contribution is -0.270. The fourth-order valence-electron chi connectivity index (χ4n) is 4.00. The van der Waals surface area contributed by atoms with Gasteiger partial charge in [0.15, 0.2) is 0 Å².